The molecule has 9 heteroatoms. The number of H-pyrrole nitrogens is 1. The van der Waals surface area contributed by atoms with Gasteiger partial charge in [-0.25, -0.2) is 4.79 Å². The second kappa shape index (κ2) is 10.8. The highest BCUT2D eigenvalue weighted by molar-refractivity contribution is 6.07. The number of carbonyl (C=O) groups is 1. The zero-order valence-corrected chi connectivity index (χ0v) is 20.8. The number of hydrogen-bond donors (Lipinski definition) is 2. The minimum absolute atomic E-state index is 0.0153. The number of nitrogens with zero attached hydrogens (tertiary/aromatic N) is 1. The van der Waals surface area contributed by atoms with Gasteiger partial charge in [-0.05, 0) is 48.0 Å². The van der Waals surface area contributed by atoms with E-state index in [1.165, 1.54) is 45.1 Å². The maximum Gasteiger partial charge on any atom is 0.330 e. The zero-order chi connectivity index (χ0) is 26.5. The molecule has 0 radical (unpaired) electrons. The fraction of sp³-hybridized carbons (Fsp3) is 0.143. The molecule has 9 nitrogen and oxygen atoms in total. The normalized spacial score (nSPS) is 10.9. The van der Waals surface area contributed by atoms with E-state index in [1.807, 2.05) is 0 Å². The second-order valence-electron chi connectivity index (χ2n) is 7.94. The molecule has 1 aromatic heterocycles. The summed E-state index contributed by atoms with van der Waals surface area (Å²) in [6.07, 6.45) is 4.69. The molecule has 190 valence electrons. The van der Waals surface area contributed by atoms with E-state index < -0.39 is 0 Å². The van der Waals surface area contributed by atoms with E-state index in [0.29, 0.717) is 51.1 Å². The Morgan fingerprint density at radius 3 is 2.24 bits per heavy atom. The molecule has 0 aliphatic rings. The van der Waals surface area contributed by atoms with Gasteiger partial charge in [0.1, 0.15) is 0 Å². The Kier molecular flexibility index (Phi) is 7.34. The number of benzene rings is 3. The predicted octanol–water partition coefficient (Wildman–Crippen LogP) is 4.47. The van der Waals surface area contributed by atoms with Gasteiger partial charge in [-0.15, -0.1) is 0 Å². The highest BCUT2D eigenvalue weighted by Crippen LogP contribution is 2.40. The molecule has 2 N–H and O–H groups in total. The fourth-order valence-electron chi connectivity index (χ4n) is 3.85. The van der Waals surface area contributed by atoms with Crippen molar-refractivity contribution in [3.63, 3.8) is 0 Å². The van der Waals surface area contributed by atoms with Gasteiger partial charge >= 0.3 is 5.69 Å². The largest absolute Gasteiger partial charge is 0.504 e. The number of ether oxygens (including phenoxy) is 4. The molecular formula is C28H26N2O7. The van der Waals surface area contributed by atoms with Crippen molar-refractivity contribution < 1.29 is 28.8 Å². The lowest BCUT2D eigenvalue weighted by Gasteiger charge is -2.13. The summed E-state index contributed by atoms with van der Waals surface area (Å²) in [5, 5.41) is 9.74. The first-order chi connectivity index (χ1) is 17.9. The van der Waals surface area contributed by atoms with Crippen LogP contribution in [0.4, 0.5) is 0 Å². The molecule has 0 atom stereocenters. The standard InChI is InChI=1S/C28H26N2O7/c1-34-24-12-17(9-11-23(24)32)8-10-22(31)18-6-5-7-20(13-18)30-16-21(29-28(30)33)19-14-25(35-2)27(37-4)26(15-19)36-3/h5-16,32H,1-4H3,(H,29,33). The number of phenolic OH excluding ortho intramolecular Hbond substituents is 1. The van der Waals surface area contributed by atoms with E-state index in [9.17, 15) is 14.7 Å². The Labute approximate surface area is 213 Å². The Balaban J connectivity index is 1.64. The van der Waals surface area contributed by atoms with Gasteiger partial charge in [0, 0.05) is 17.3 Å². The molecular weight excluding hydrogens is 476 g/mol. The number of ketones is 1. The van der Waals surface area contributed by atoms with Crippen LogP contribution in [0.2, 0.25) is 0 Å². The number of aromatic amines is 1. The van der Waals surface area contributed by atoms with E-state index in [-0.39, 0.29) is 17.2 Å². The third-order valence-corrected chi connectivity index (χ3v) is 5.73. The SMILES string of the molecule is COc1cc(C=CC(=O)c2cccc(-n3cc(-c4cc(OC)c(OC)c(OC)c4)[nH]c3=O)c2)ccc1O. The van der Waals surface area contributed by atoms with Gasteiger partial charge in [-0.3, -0.25) is 9.36 Å². The van der Waals surface area contributed by atoms with Crippen LogP contribution < -0.4 is 24.6 Å². The van der Waals surface area contributed by atoms with E-state index >= 15 is 0 Å². The number of imidazole rings is 1. The molecule has 4 aromatic rings. The number of allylic oxidation sites excluding steroid dienone is 1. The van der Waals surface area contributed by atoms with Gasteiger partial charge in [0.25, 0.3) is 0 Å². The number of methoxy groups -OCH3 is 4. The van der Waals surface area contributed by atoms with Crippen molar-refractivity contribution in [1.29, 1.82) is 0 Å². The van der Waals surface area contributed by atoms with Crippen molar-refractivity contribution in [2.24, 2.45) is 0 Å². The molecule has 3 aromatic carbocycles. The Morgan fingerprint density at radius 1 is 0.892 bits per heavy atom. The van der Waals surface area contributed by atoms with Gasteiger partial charge < -0.3 is 29.0 Å². The number of nitrogens with one attached hydrogen (secondary N) is 1. The van der Waals surface area contributed by atoms with Gasteiger partial charge in [-0.2, -0.15) is 0 Å². The Morgan fingerprint density at radius 2 is 1.59 bits per heavy atom. The third kappa shape index (κ3) is 5.20. The molecule has 4 rings (SSSR count). The van der Waals surface area contributed by atoms with E-state index in [4.69, 9.17) is 18.9 Å². The summed E-state index contributed by atoms with van der Waals surface area (Å²) in [5.74, 6) is 1.43. The summed E-state index contributed by atoms with van der Waals surface area (Å²) in [6.45, 7) is 0. The van der Waals surface area contributed by atoms with Crippen LogP contribution >= 0.6 is 0 Å². The van der Waals surface area contributed by atoms with Crippen LogP contribution in [0.1, 0.15) is 15.9 Å². The molecule has 0 saturated carbocycles. The number of aromatic hydroxyl groups is 1. The van der Waals surface area contributed by atoms with Crippen molar-refractivity contribution in [3.05, 3.63) is 88.5 Å². The average Bonchev–Trinajstić information content (AvgIpc) is 3.33. The van der Waals surface area contributed by atoms with Gasteiger partial charge in [0.15, 0.2) is 28.8 Å². The number of carbonyl (C=O) groups excluding carboxylic acids is 1. The minimum atomic E-state index is -0.375. The summed E-state index contributed by atoms with van der Waals surface area (Å²) < 4.78 is 22.7. The Bertz CT molecular complexity index is 1510. The van der Waals surface area contributed by atoms with Gasteiger partial charge in [-0.1, -0.05) is 24.3 Å². The lowest BCUT2D eigenvalue weighted by Crippen LogP contribution is -2.14. The second-order valence-corrected chi connectivity index (χ2v) is 7.94. The molecule has 1 heterocycles. The molecule has 0 amide bonds. The summed E-state index contributed by atoms with van der Waals surface area (Å²) in [4.78, 5) is 28.5. The highest BCUT2D eigenvalue weighted by Gasteiger charge is 2.16. The van der Waals surface area contributed by atoms with Gasteiger partial charge in [0.05, 0.1) is 39.8 Å². The monoisotopic (exact) mass is 502 g/mol. The van der Waals surface area contributed by atoms with Crippen LogP contribution in [-0.2, 0) is 0 Å². The van der Waals surface area contributed by atoms with Crippen LogP contribution in [0.3, 0.4) is 0 Å². The van der Waals surface area contributed by atoms with Crippen molar-refractivity contribution in [1.82, 2.24) is 9.55 Å². The molecule has 0 unspecified atom stereocenters. The number of aromatic nitrogens is 2. The van der Waals surface area contributed by atoms with Crippen molar-refractivity contribution in [3.8, 4) is 45.7 Å². The number of hydrogen-bond acceptors (Lipinski definition) is 7. The van der Waals surface area contributed by atoms with Crippen LogP contribution in [-0.4, -0.2) is 48.9 Å². The van der Waals surface area contributed by atoms with E-state index in [1.54, 1.807) is 60.8 Å². The number of rotatable bonds is 9. The first-order valence-electron chi connectivity index (χ1n) is 11.2. The molecule has 0 saturated heterocycles. The van der Waals surface area contributed by atoms with Crippen molar-refractivity contribution >= 4 is 11.9 Å². The lowest BCUT2D eigenvalue weighted by atomic mass is 10.1. The topological polar surface area (TPSA) is 112 Å². The lowest BCUT2D eigenvalue weighted by molar-refractivity contribution is 0.104. The zero-order valence-electron chi connectivity index (χ0n) is 20.8. The summed E-state index contributed by atoms with van der Waals surface area (Å²) >= 11 is 0. The number of phenols is 1. The highest BCUT2D eigenvalue weighted by atomic mass is 16.5. The molecule has 37 heavy (non-hydrogen) atoms. The smallest absolute Gasteiger partial charge is 0.330 e. The molecule has 0 aliphatic carbocycles. The predicted molar refractivity (Wildman–Crippen MR) is 140 cm³/mol. The van der Waals surface area contributed by atoms with Gasteiger partial charge in [0.2, 0.25) is 5.75 Å². The fourth-order valence-corrected chi connectivity index (χ4v) is 3.85. The molecule has 0 aliphatic heterocycles. The van der Waals surface area contributed by atoms with Crippen LogP contribution in [0.25, 0.3) is 23.0 Å². The first kappa shape index (κ1) is 25.2. The molecule has 0 fully saturated rings. The maximum atomic E-state index is 12.8. The van der Waals surface area contributed by atoms with E-state index in [2.05, 4.69) is 4.98 Å². The van der Waals surface area contributed by atoms with Crippen molar-refractivity contribution in [2.45, 2.75) is 0 Å². The summed E-state index contributed by atoms with van der Waals surface area (Å²) in [5.41, 5.74) is 2.43. The van der Waals surface area contributed by atoms with Crippen LogP contribution in [0, 0.1) is 0 Å². The quantitative estimate of drug-likeness (QED) is 0.257. The van der Waals surface area contributed by atoms with E-state index in [0.717, 1.165) is 0 Å². The van der Waals surface area contributed by atoms with Crippen LogP contribution in [0.15, 0.2) is 71.7 Å². The average molecular weight is 503 g/mol. The first-order valence-corrected chi connectivity index (χ1v) is 11.2. The maximum absolute atomic E-state index is 12.8. The molecule has 0 spiro atoms. The summed E-state index contributed by atoms with van der Waals surface area (Å²) in [7, 11) is 6.01. The van der Waals surface area contributed by atoms with Crippen LogP contribution in [0.5, 0.6) is 28.7 Å². The summed E-state index contributed by atoms with van der Waals surface area (Å²) in [6, 6.07) is 15.0. The third-order valence-electron chi connectivity index (χ3n) is 5.73. The molecule has 0 bridgehead atoms. The minimum Gasteiger partial charge on any atom is -0.504 e. The Hall–Kier alpha value is -4.92. The van der Waals surface area contributed by atoms with Crippen molar-refractivity contribution in [2.75, 3.05) is 28.4 Å².